The minimum atomic E-state index is -0.421. The maximum Gasteiger partial charge on any atom is 0.281 e. The third-order valence-electron chi connectivity index (χ3n) is 3.70. The van der Waals surface area contributed by atoms with Gasteiger partial charge in [-0.25, -0.2) is 0 Å². The zero-order valence-corrected chi connectivity index (χ0v) is 16.3. The number of nitrogens with zero attached hydrogens (tertiary/aromatic N) is 2. The highest BCUT2D eigenvalue weighted by Gasteiger charge is 2.14. The summed E-state index contributed by atoms with van der Waals surface area (Å²) < 4.78 is 2.92. The lowest BCUT2D eigenvalue weighted by Crippen LogP contribution is -2.16. The first-order valence-corrected chi connectivity index (χ1v) is 9.31. The number of allylic oxidation sites excluding steroid dienone is 1. The van der Waals surface area contributed by atoms with Crippen molar-refractivity contribution in [2.75, 3.05) is 0 Å². The van der Waals surface area contributed by atoms with E-state index in [0.29, 0.717) is 27.0 Å². The van der Waals surface area contributed by atoms with Crippen LogP contribution >= 0.6 is 46.1 Å². The molecule has 3 aromatic rings. The van der Waals surface area contributed by atoms with Crippen LogP contribution < -0.4 is 4.80 Å². The van der Waals surface area contributed by atoms with E-state index in [2.05, 4.69) is 11.6 Å². The minimum absolute atomic E-state index is 0.275. The molecule has 0 spiro atoms. The van der Waals surface area contributed by atoms with Crippen molar-refractivity contribution >= 4 is 62.3 Å². The van der Waals surface area contributed by atoms with Crippen molar-refractivity contribution in [2.45, 2.75) is 13.5 Å². The lowest BCUT2D eigenvalue weighted by Gasteiger charge is -2.05. The van der Waals surface area contributed by atoms with Gasteiger partial charge in [-0.05, 0) is 42.8 Å². The van der Waals surface area contributed by atoms with Crippen LogP contribution in [0.2, 0.25) is 15.1 Å². The molecule has 2 aromatic carbocycles. The van der Waals surface area contributed by atoms with E-state index >= 15 is 0 Å². The zero-order valence-electron chi connectivity index (χ0n) is 13.2. The number of halogens is 3. The molecule has 0 aliphatic carbocycles. The second-order valence-electron chi connectivity index (χ2n) is 5.34. The zero-order chi connectivity index (χ0) is 18.1. The first-order valence-electron chi connectivity index (χ1n) is 7.36. The number of carbonyl (C=O) groups excluding carboxylic acids is 1. The second-order valence-corrected chi connectivity index (χ2v) is 7.60. The molecule has 0 aliphatic heterocycles. The predicted molar refractivity (Wildman–Crippen MR) is 106 cm³/mol. The summed E-state index contributed by atoms with van der Waals surface area (Å²) in [6.45, 7) is 6.24. The number of rotatable bonds is 3. The molecule has 0 saturated heterocycles. The molecule has 1 amide bonds. The van der Waals surface area contributed by atoms with Gasteiger partial charge >= 0.3 is 0 Å². The normalized spacial score (nSPS) is 11.9. The van der Waals surface area contributed by atoms with Crippen molar-refractivity contribution in [1.82, 2.24) is 4.57 Å². The quantitative estimate of drug-likeness (QED) is 0.494. The Morgan fingerprint density at radius 3 is 2.68 bits per heavy atom. The molecule has 7 heteroatoms. The van der Waals surface area contributed by atoms with Crippen molar-refractivity contribution in [3.8, 4) is 0 Å². The van der Waals surface area contributed by atoms with Crippen molar-refractivity contribution in [3.05, 3.63) is 74.0 Å². The van der Waals surface area contributed by atoms with E-state index in [4.69, 9.17) is 34.8 Å². The molecule has 1 heterocycles. The van der Waals surface area contributed by atoms with Crippen LogP contribution in [0.15, 0.2) is 48.0 Å². The molecule has 1 aromatic heterocycles. The van der Waals surface area contributed by atoms with Crippen molar-refractivity contribution in [2.24, 2.45) is 4.99 Å². The van der Waals surface area contributed by atoms with Gasteiger partial charge in [0.05, 0.1) is 20.8 Å². The van der Waals surface area contributed by atoms with Crippen molar-refractivity contribution < 1.29 is 4.79 Å². The summed E-state index contributed by atoms with van der Waals surface area (Å²) in [5, 5.41) is 1.41. The topological polar surface area (TPSA) is 34.4 Å². The first-order chi connectivity index (χ1) is 11.9. The van der Waals surface area contributed by atoms with Gasteiger partial charge in [0.1, 0.15) is 0 Å². The fraction of sp³-hybridized carbons (Fsp3) is 0.111. The molecule has 0 unspecified atom stereocenters. The molecule has 3 nitrogen and oxygen atoms in total. The molecular weight excluding hydrogens is 399 g/mol. The fourth-order valence-electron chi connectivity index (χ4n) is 2.51. The number of thiazole rings is 1. The van der Waals surface area contributed by atoms with Crippen LogP contribution in [0.25, 0.3) is 10.2 Å². The van der Waals surface area contributed by atoms with Gasteiger partial charge in [0.15, 0.2) is 4.80 Å². The summed E-state index contributed by atoms with van der Waals surface area (Å²) in [7, 11) is 0. The molecule has 3 rings (SSSR count). The lowest BCUT2D eigenvalue weighted by molar-refractivity contribution is 0.0998. The predicted octanol–water partition coefficient (Wildman–Crippen LogP) is 5.90. The fourth-order valence-corrected chi connectivity index (χ4v) is 4.25. The molecule has 0 atom stereocenters. The largest absolute Gasteiger partial charge is 0.312 e. The molecule has 128 valence electrons. The molecule has 0 N–H and O–H groups in total. The van der Waals surface area contributed by atoms with E-state index in [1.807, 2.05) is 23.6 Å². The highest BCUT2D eigenvalue weighted by atomic mass is 35.5. The van der Waals surface area contributed by atoms with Crippen LogP contribution in [-0.2, 0) is 6.54 Å². The van der Waals surface area contributed by atoms with Gasteiger partial charge in [-0.1, -0.05) is 52.2 Å². The van der Waals surface area contributed by atoms with Crippen LogP contribution in [0.5, 0.6) is 0 Å². The summed E-state index contributed by atoms with van der Waals surface area (Å²) in [6.07, 6.45) is 1.76. The van der Waals surface area contributed by atoms with Crippen molar-refractivity contribution in [3.63, 3.8) is 0 Å². The summed E-state index contributed by atoms with van der Waals surface area (Å²) in [4.78, 5) is 17.4. The van der Waals surface area contributed by atoms with Gasteiger partial charge in [0.2, 0.25) is 0 Å². The number of benzene rings is 2. The standard InChI is InChI=1S/C18H13Cl3N2OS/c1-3-8-23-16-10(2)13(20)6-7-15(16)25-18(23)22-17(24)12-5-4-11(19)9-14(12)21/h3-7,9H,1,8H2,2H3. The molecule has 0 radical (unpaired) electrons. The van der Waals surface area contributed by atoms with E-state index in [-0.39, 0.29) is 5.02 Å². The second kappa shape index (κ2) is 7.34. The van der Waals surface area contributed by atoms with Gasteiger partial charge in [-0.15, -0.1) is 6.58 Å². The Balaban J connectivity index is 2.22. The van der Waals surface area contributed by atoms with Crippen molar-refractivity contribution in [1.29, 1.82) is 0 Å². The highest BCUT2D eigenvalue weighted by Crippen LogP contribution is 2.27. The number of carbonyl (C=O) groups is 1. The van der Waals surface area contributed by atoms with Crippen LogP contribution in [0.3, 0.4) is 0 Å². The Bertz CT molecular complexity index is 1070. The third-order valence-corrected chi connectivity index (χ3v) is 5.70. The first kappa shape index (κ1) is 18.2. The molecule has 25 heavy (non-hydrogen) atoms. The average Bonchev–Trinajstić information content (AvgIpc) is 2.89. The summed E-state index contributed by atoms with van der Waals surface area (Å²) in [5.74, 6) is -0.421. The number of fused-ring (bicyclic) bond motifs is 1. The maximum absolute atomic E-state index is 12.6. The SMILES string of the molecule is C=CCn1c(=NC(=O)c2ccc(Cl)cc2Cl)sc2ccc(Cl)c(C)c21. The monoisotopic (exact) mass is 410 g/mol. The smallest absolute Gasteiger partial charge is 0.281 e. The molecular formula is C18H13Cl3N2OS. The van der Waals surface area contributed by atoms with Gasteiger partial charge in [-0.2, -0.15) is 4.99 Å². The lowest BCUT2D eigenvalue weighted by atomic mass is 10.2. The van der Waals surface area contributed by atoms with Gasteiger partial charge in [-0.3, -0.25) is 4.79 Å². The van der Waals surface area contributed by atoms with Crippen LogP contribution in [0.4, 0.5) is 0 Å². The minimum Gasteiger partial charge on any atom is -0.312 e. The van der Waals surface area contributed by atoms with Gasteiger partial charge < -0.3 is 4.57 Å². The Hall–Kier alpha value is -1.59. The molecule has 0 saturated carbocycles. The average molecular weight is 412 g/mol. The summed E-state index contributed by atoms with van der Waals surface area (Å²) in [6, 6.07) is 8.48. The van der Waals surface area contributed by atoms with E-state index in [9.17, 15) is 4.79 Å². The van der Waals surface area contributed by atoms with E-state index in [1.165, 1.54) is 17.4 Å². The Morgan fingerprint density at radius 1 is 1.24 bits per heavy atom. The number of hydrogen-bond acceptors (Lipinski definition) is 2. The van der Waals surface area contributed by atoms with E-state index < -0.39 is 5.91 Å². The van der Waals surface area contributed by atoms with Gasteiger partial charge in [0.25, 0.3) is 5.91 Å². The molecule has 0 fully saturated rings. The third kappa shape index (κ3) is 3.53. The summed E-state index contributed by atoms with van der Waals surface area (Å²) in [5.41, 5.74) is 2.20. The Morgan fingerprint density at radius 2 is 2.00 bits per heavy atom. The number of aryl methyl sites for hydroxylation is 1. The Kier molecular flexibility index (Phi) is 5.35. The molecule has 0 aliphatic rings. The van der Waals surface area contributed by atoms with E-state index in [1.54, 1.807) is 18.2 Å². The highest BCUT2D eigenvalue weighted by molar-refractivity contribution is 7.16. The Labute approximate surface area is 163 Å². The maximum atomic E-state index is 12.6. The summed E-state index contributed by atoms with van der Waals surface area (Å²) >= 11 is 19.7. The van der Waals surface area contributed by atoms with Crippen LogP contribution in [-0.4, -0.2) is 10.5 Å². The van der Waals surface area contributed by atoms with Crippen LogP contribution in [0.1, 0.15) is 15.9 Å². The van der Waals surface area contributed by atoms with E-state index in [0.717, 1.165) is 15.8 Å². The van der Waals surface area contributed by atoms with Crippen LogP contribution in [0, 0.1) is 6.92 Å². The number of hydrogen-bond donors (Lipinski definition) is 0. The number of aromatic nitrogens is 1. The number of amides is 1. The van der Waals surface area contributed by atoms with Gasteiger partial charge in [0, 0.05) is 16.6 Å². The molecule has 0 bridgehead atoms.